The van der Waals surface area contributed by atoms with Crippen LogP contribution in [0, 0.1) is 0 Å². The lowest BCUT2D eigenvalue weighted by Crippen LogP contribution is -1.78. The van der Waals surface area contributed by atoms with Crippen molar-refractivity contribution in [2.45, 2.75) is 6.04 Å². The molecule has 0 aromatic heterocycles. The van der Waals surface area contributed by atoms with Gasteiger partial charge in [0.1, 0.15) is 0 Å². The van der Waals surface area contributed by atoms with Gasteiger partial charge in [-0.1, -0.05) is 0 Å². The molecule has 0 amide bonds. The number of carbonyl (C=O) groups excluding carboxylic acids is 1. The first-order chi connectivity index (χ1) is 2.27. The van der Waals surface area contributed by atoms with Crippen LogP contribution >= 0.6 is 11.6 Å². The quantitative estimate of drug-likeness (QED) is 0.328. The molecular weight excluding hydrogens is 104 g/mol. The minimum atomic E-state index is -0.211. The van der Waals surface area contributed by atoms with Gasteiger partial charge in [-0.2, -0.15) is 0 Å². The smallest absolute Gasteiger partial charge is 0.218 e. The summed E-state index contributed by atoms with van der Waals surface area (Å²) in [5.74, 6) is 0. The van der Waals surface area contributed by atoms with E-state index < -0.39 is 0 Å². The van der Waals surface area contributed by atoms with Gasteiger partial charge in [-0.15, -0.1) is 0 Å². The first kappa shape index (κ1) is 5.18. The zero-order valence-corrected chi connectivity index (χ0v) is 5.75. The van der Waals surface area contributed by atoms with Crippen LogP contribution < -0.4 is 0 Å². The van der Waals surface area contributed by atoms with Gasteiger partial charge in [0.15, 0.2) is 0 Å². The van der Waals surface area contributed by atoms with Gasteiger partial charge < -0.3 is 0 Å². The summed E-state index contributed by atoms with van der Waals surface area (Å²) in [6.07, 6.45) is 0. The van der Waals surface area contributed by atoms with E-state index in [9.17, 15) is 4.79 Å². The SMILES string of the molecule is O=C(Cl)C[SiH3]. The second-order valence-electron chi connectivity index (χ2n) is 0.709. The summed E-state index contributed by atoms with van der Waals surface area (Å²) in [4.78, 5) is 9.61. The minimum Gasteiger partial charge on any atom is -0.282 e. The maximum Gasteiger partial charge on any atom is 0.218 e. The van der Waals surface area contributed by atoms with Crippen molar-refractivity contribution < 1.29 is 4.79 Å². The molecule has 0 rings (SSSR count). The maximum atomic E-state index is 9.61. The van der Waals surface area contributed by atoms with Crippen LogP contribution in [-0.4, -0.2) is 15.5 Å². The highest BCUT2D eigenvalue weighted by molar-refractivity contribution is 6.66. The normalized spacial score (nSPS) is 8.20. The molecule has 0 aliphatic carbocycles. The Morgan fingerprint density at radius 1 is 2.00 bits per heavy atom. The van der Waals surface area contributed by atoms with E-state index in [1.54, 1.807) is 0 Å². The third kappa shape index (κ3) is 4.18. The number of hydrogen-bond donors (Lipinski definition) is 0. The fourth-order valence-corrected chi connectivity index (χ4v) is 0. The van der Waals surface area contributed by atoms with Gasteiger partial charge in [0, 0.05) is 16.3 Å². The summed E-state index contributed by atoms with van der Waals surface area (Å²) in [7, 11) is 0.892. The molecule has 0 N–H and O–H groups in total. The molecule has 5 heavy (non-hydrogen) atoms. The summed E-state index contributed by atoms with van der Waals surface area (Å²) < 4.78 is 0. The van der Waals surface area contributed by atoms with Crippen LogP contribution in [0.5, 0.6) is 0 Å². The van der Waals surface area contributed by atoms with Crippen molar-refractivity contribution in [2.24, 2.45) is 0 Å². The zero-order chi connectivity index (χ0) is 4.28. The lowest BCUT2D eigenvalue weighted by molar-refractivity contribution is -0.109. The van der Waals surface area contributed by atoms with E-state index in [-0.39, 0.29) is 5.24 Å². The van der Waals surface area contributed by atoms with Crippen LogP contribution in [0.1, 0.15) is 0 Å². The lowest BCUT2D eigenvalue weighted by atomic mass is 10.9. The van der Waals surface area contributed by atoms with E-state index in [2.05, 4.69) is 0 Å². The predicted molar refractivity (Wildman–Crippen MR) is 25.6 cm³/mol. The highest BCUT2D eigenvalue weighted by Gasteiger charge is 1.81. The van der Waals surface area contributed by atoms with Crippen molar-refractivity contribution in [1.29, 1.82) is 0 Å². The average molecular weight is 109 g/mol. The Bertz CT molecular complexity index is 44.9. The highest BCUT2D eigenvalue weighted by atomic mass is 35.5. The molecule has 30 valence electrons. The minimum absolute atomic E-state index is 0.211. The Balaban J connectivity index is 2.85. The number of carbonyl (C=O) groups is 1. The van der Waals surface area contributed by atoms with Crippen molar-refractivity contribution in [2.75, 3.05) is 0 Å². The van der Waals surface area contributed by atoms with Crippen LogP contribution in [0.3, 0.4) is 0 Å². The van der Waals surface area contributed by atoms with E-state index in [0.717, 1.165) is 10.2 Å². The largest absolute Gasteiger partial charge is 0.282 e. The molecule has 0 aromatic rings. The first-order valence-corrected chi connectivity index (χ1v) is 3.25. The summed E-state index contributed by atoms with van der Waals surface area (Å²) in [5, 5.41) is -0.211. The third-order valence-corrected chi connectivity index (χ3v) is 1.64. The van der Waals surface area contributed by atoms with E-state index >= 15 is 0 Å². The molecule has 0 aliphatic heterocycles. The fraction of sp³-hybridized carbons (Fsp3) is 0.500. The molecule has 0 saturated carbocycles. The van der Waals surface area contributed by atoms with Gasteiger partial charge >= 0.3 is 0 Å². The van der Waals surface area contributed by atoms with E-state index in [4.69, 9.17) is 11.6 Å². The van der Waals surface area contributed by atoms with Crippen LogP contribution in [-0.2, 0) is 4.79 Å². The summed E-state index contributed by atoms with van der Waals surface area (Å²) in [5.41, 5.74) is 0. The third-order valence-electron chi connectivity index (χ3n) is 0.278. The second kappa shape index (κ2) is 2.42. The van der Waals surface area contributed by atoms with Crippen LogP contribution in [0.4, 0.5) is 0 Å². The predicted octanol–water partition coefficient (Wildman–Crippen LogP) is -0.465. The van der Waals surface area contributed by atoms with E-state index in [1.807, 2.05) is 0 Å². The second-order valence-corrected chi connectivity index (χ2v) is 1.84. The summed E-state index contributed by atoms with van der Waals surface area (Å²) in [6, 6.07) is 0.571. The van der Waals surface area contributed by atoms with Crippen molar-refractivity contribution in [1.82, 2.24) is 0 Å². The van der Waals surface area contributed by atoms with Gasteiger partial charge in [0.2, 0.25) is 5.24 Å². The van der Waals surface area contributed by atoms with Gasteiger partial charge in [-0.3, -0.25) is 4.79 Å². The maximum absolute atomic E-state index is 9.61. The monoisotopic (exact) mass is 108 g/mol. The number of halogens is 1. The Morgan fingerprint density at radius 2 is 2.20 bits per heavy atom. The Kier molecular flexibility index (Phi) is 2.50. The van der Waals surface area contributed by atoms with Crippen LogP contribution in [0.2, 0.25) is 6.04 Å². The number of rotatable bonds is 1. The van der Waals surface area contributed by atoms with Crippen molar-refractivity contribution in [3.63, 3.8) is 0 Å². The zero-order valence-electron chi connectivity index (χ0n) is 2.99. The summed E-state index contributed by atoms with van der Waals surface area (Å²) >= 11 is 4.86. The van der Waals surface area contributed by atoms with E-state index in [0.29, 0.717) is 6.04 Å². The first-order valence-electron chi connectivity index (χ1n) is 1.45. The molecule has 0 aromatic carbocycles. The standard InChI is InChI=1S/C2H5ClOSi/c3-2(4)1-5/h1H2,5H3. The van der Waals surface area contributed by atoms with Crippen molar-refractivity contribution in [3.05, 3.63) is 0 Å². The average Bonchev–Trinajstić information content (AvgIpc) is 1.38. The summed E-state index contributed by atoms with van der Waals surface area (Å²) in [6.45, 7) is 0. The van der Waals surface area contributed by atoms with Crippen LogP contribution in [0.15, 0.2) is 0 Å². The molecule has 0 saturated heterocycles. The van der Waals surface area contributed by atoms with E-state index in [1.165, 1.54) is 0 Å². The lowest BCUT2D eigenvalue weighted by Gasteiger charge is -1.67. The van der Waals surface area contributed by atoms with Crippen molar-refractivity contribution in [3.8, 4) is 0 Å². The molecule has 0 atom stereocenters. The van der Waals surface area contributed by atoms with Crippen LogP contribution in [0.25, 0.3) is 0 Å². The topological polar surface area (TPSA) is 17.1 Å². The molecule has 0 bridgehead atoms. The molecule has 3 heteroatoms. The molecule has 0 fully saturated rings. The van der Waals surface area contributed by atoms with Crippen molar-refractivity contribution >= 4 is 27.1 Å². The Labute approximate surface area is 38.7 Å². The molecule has 0 heterocycles. The van der Waals surface area contributed by atoms with Gasteiger partial charge in [0.05, 0.1) is 0 Å². The van der Waals surface area contributed by atoms with Gasteiger partial charge in [-0.05, 0) is 11.6 Å². The Morgan fingerprint density at radius 3 is 2.20 bits per heavy atom. The molecule has 1 nitrogen and oxygen atoms in total. The fourth-order valence-electron chi connectivity index (χ4n) is 0. The molecular formula is C2H5ClOSi. The molecule has 0 radical (unpaired) electrons. The van der Waals surface area contributed by atoms with Gasteiger partial charge in [-0.25, -0.2) is 0 Å². The Hall–Kier alpha value is 0.177. The molecule has 0 spiro atoms. The molecule has 0 aliphatic rings. The molecule has 0 unspecified atom stereocenters. The van der Waals surface area contributed by atoms with Gasteiger partial charge in [0.25, 0.3) is 0 Å². The highest BCUT2D eigenvalue weighted by Crippen LogP contribution is 1.79. The number of hydrogen-bond acceptors (Lipinski definition) is 1.